The van der Waals surface area contributed by atoms with Crippen molar-refractivity contribution in [3.63, 3.8) is 0 Å². The molecule has 0 saturated carbocycles. The number of amides is 2. The lowest BCUT2D eigenvalue weighted by Crippen LogP contribution is -2.30. The molecule has 4 N–H and O–H groups in total. The molecule has 0 bridgehead atoms. The highest BCUT2D eigenvalue weighted by Gasteiger charge is 2.21. The molecule has 0 aliphatic rings. The predicted molar refractivity (Wildman–Crippen MR) is 113 cm³/mol. The second-order valence-electron chi connectivity index (χ2n) is 6.80. The van der Waals surface area contributed by atoms with E-state index in [9.17, 15) is 18.0 Å². The van der Waals surface area contributed by atoms with Crippen molar-refractivity contribution in [2.45, 2.75) is 31.6 Å². The number of rotatable bonds is 8. The van der Waals surface area contributed by atoms with Gasteiger partial charge >= 0.3 is 0 Å². The first kappa shape index (κ1) is 22.9. The van der Waals surface area contributed by atoms with E-state index in [1.54, 1.807) is 24.3 Å². The minimum atomic E-state index is -4.18. The smallest absolute Gasteiger partial charge is 0.252 e. The molecule has 0 heterocycles. The third kappa shape index (κ3) is 6.56. The van der Waals surface area contributed by atoms with Gasteiger partial charge in [0, 0.05) is 17.3 Å². The van der Waals surface area contributed by atoms with E-state index in [4.69, 9.17) is 16.7 Å². The first-order valence-electron chi connectivity index (χ1n) is 9.10. The van der Waals surface area contributed by atoms with Crippen LogP contribution in [0.5, 0.6) is 0 Å². The van der Waals surface area contributed by atoms with Crippen LogP contribution in [0.15, 0.2) is 47.4 Å². The minimum absolute atomic E-state index is 0.0154. The van der Waals surface area contributed by atoms with E-state index in [0.717, 1.165) is 6.42 Å². The van der Waals surface area contributed by atoms with Gasteiger partial charge in [0.1, 0.15) is 0 Å². The number of halogens is 1. The van der Waals surface area contributed by atoms with Gasteiger partial charge in [-0.2, -0.15) is 0 Å². The molecule has 0 saturated heterocycles. The first-order valence-corrected chi connectivity index (χ1v) is 11.0. The van der Waals surface area contributed by atoms with Gasteiger partial charge in [-0.25, -0.2) is 13.6 Å². The van der Waals surface area contributed by atoms with Crippen LogP contribution in [0.1, 0.15) is 36.2 Å². The molecule has 2 rings (SSSR count). The van der Waals surface area contributed by atoms with Gasteiger partial charge in [-0.1, -0.05) is 50.1 Å². The number of benzene rings is 2. The zero-order valence-corrected chi connectivity index (χ0v) is 17.8. The van der Waals surface area contributed by atoms with Gasteiger partial charge in [0.2, 0.25) is 15.9 Å². The highest BCUT2D eigenvalue weighted by molar-refractivity contribution is 7.89. The number of primary sulfonamides is 1. The summed E-state index contributed by atoms with van der Waals surface area (Å²) < 4.78 is 24.0. The summed E-state index contributed by atoms with van der Waals surface area (Å²) >= 11 is 6.05. The van der Waals surface area contributed by atoms with Crippen LogP contribution in [-0.4, -0.2) is 26.8 Å². The van der Waals surface area contributed by atoms with Gasteiger partial charge in [0.25, 0.3) is 5.91 Å². The van der Waals surface area contributed by atoms with E-state index in [1.807, 2.05) is 13.8 Å². The lowest BCUT2D eigenvalue weighted by Gasteiger charge is -2.14. The van der Waals surface area contributed by atoms with Crippen LogP contribution < -0.4 is 15.8 Å². The number of hydrogen-bond acceptors (Lipinski definition) is 4. The Labute approximate surface area is 175 Å². The van der Waals surface area contributed by atoms with Gasteiger partial charge < -0.3 is 10.6 Å². The average molecular weight is 438 g/mol. The number of hydrogen-bond donors (Lipinski definition) is 3. The summed E-state index contributed by atoms with van der Waals surface area (Å²) in [6.45, 7) is 4.38. The Balaban J connectivity index is 2.21. The highest BCUT2D eigenvalue weighted by Crippen LogP contribution is 2.21. The molecule has 0 radical (unpaired) electrons. The molecule has 1 unspecified atom stereocenters. The molecule has 2 aromatic carbocycles. The fraction of sp³-hybridized carbons (Fsp3) is 0.300. The predicted octanol–water partition coefficient (Wildman–Crippen LogP) is 2.94. The minimum Gasteiger partial charge on any atom is -0.352 e. The SMILES string of the molecule is CCC(C)CNC(=O)c1ccc(NC(=O)Cc2ccccc2Cl)cc1S(N)(=O)=O. The lowest BCUT2D eigenvalue weighted by atomic mass is 10.1. The van der Waals surface area contributed by atoms with Gasteiger partial charge in [-0.05, 0) is 35.7 Å². The summed E-state index contributed by atoms with van der Waals surface area (Å²) in [4.78, 5) is 24.4. The molecule has 7 nitrogen and oxygen atoms in total. The molecule has 0 aliphatic carbocycles. The number of carbonyl (C=O) groups excluding carboxylic acids is 2. The zero-order valence-electron chi connectivity index (χ0n) is 16.2. The second kappa shape index (κ2) is 9.87. The van der Waals surface area contributed by atoms with Crippen LogP contribution >= 0.6 is 11.6 Å². The molecule has 2 aromatic rings. The Kier molecular flexibility index (Phi) is 7.78. The number of sulfonamides is 1. The summed E-state index contributed by atoms with van der Waals surface area (Å²) in [7, 11) is -4.18. The molecule has 29 heavy (non-hydrogen) atoms. The van der Waals surface area contributed by atoms with Crippen LogP contribution in [0, 0.1) is 5.92 Å². The maximum absolute atomic E-state index is 12.4. The van der Waals surface area contributed by atoms with E-state index < -0.39 is 15.9 Å². The molecule has 0 aliphatic heterocycles. The first-order chi connectivity index (χ1) is 13.6. The quantitative estimate of drug-likeness (QED) is 0.588. The van der Waals surface area contributed by atoms with Crippen molar-refractivity contribution in [1.29, 1.82) is 0 Å². The van der Waals surface area contributed by atoms with E-state index in [1.165, 1.54) is 18.2 Å². The summed E-state index contributed by atoms with van der Waals surface area (Å²) in [5.74, 6) is -0.670. The van der Waals surface area contributed by atoms with Crippen LogP contribution in [-0.2, 0) is 21.2 Å². The van der Waals surface area contributed by atoms with Crippen molar-refractivity contribution in [2.24, 2.45) is 11.1 Å². The Bertz CT molecular complexity index is 1010. The normalized spacial score (nSPS) is 12.3. The zero-order chi connectivity index (χ0) is 21.6. The number of carbonyl (C=O) groups is 2. The Morgan fingerprint density at radius 2 is 1.86 bits per heavy atom. The van der Waals surface area contributed by atoms with Crippen LogP contribution in [0.2, 0.25) is 5.02 Å². The van der Waals surface area contributed by atoms with E-state index in [-0.39, 0.29) is 34.4 Å². The standard InChI is InChI=1S/C20H24ClN3O4S/c1-3-13(2)12-23-20(26)16-9-8-15(11-18(16)29(22,27)28)24-19(25)10-14-6-4-5-7-17(14)21/h4-9,11,13H,3,10,12H2,1-2H3,(H,23,26)(H,24,25)(H2,22,27,28). The molecule has 1 atom stereocenters. The lowest BCUT2D eigenvalue weighted by molar-refractivity contribution is -0.115. The molecular weight excluding hydrogens is 414 g/mol. The van der Waals surface area contributed by atoms with Crippen LogP contribution in [0.25, 0.3) is 0 Å². The fourth-order valence-electron chi connectivity index (χ4n) is 2.55. The second-order valence-corrected chi connectivity index (χ2v) is 8.73. The van der Waals surface area contributed by atoms with Crippen molar-refractivity contribution in [3.05, 3.63) is 58.6 Å². The maximum Gasteiger partial charge on any atom is 0.252 e. The van der Waals surface area contributed by atoms with Crippen molar-refractivity contribution < 1.29 is 18.0 Å². The average Bonchev–Trinajstić information content (AvgIpc) is 2.66. The molecule has 2 amide bonds. The summed E-state index contributed by atoms with van der Waals surface area (Å²) in [6, 6.07) is 10.9. The molecular formula is C20H24ClN3O4S. The van der Waals surface area contributed by atoms with Crippen LogP contribution in [0.4, 0.5) is 5.69 Å². The van der Waals surface area contributed by atoms with Crippen molar-refractivity contribution in [1.82, 2.24) is 5.32 Å². The van der Waals surface area contributed by atoms with Gasteiger partial charge in [0.15, 0.2) is 0 Å². The summed E-state index contributed by atoms with van der Waals surface area (Å²) in [6.07, 6.45) is 0.889. The van der Waals surface area contributed by atoms with Gasteiger partial charge in [0.05, 0.1) is 16.9 Å². The number of nitrogens with two attached hydrogens (primary N) is 1. The van der Waals surface area contributed by atoms with Crippen molar-refractivity contribution in [2.75, 3.05) is 11.9 Å². The van der Waals surface area contributed by atoms with Crippen molar-refractivity contribution in [3.8, 4) is 0 Å². The third-order valence-corrected chi connectivity index (χ3v) is 5.75. The van der Waals surface area contributed by atoms with Crippen molar-refractivity contribution >= 4 is 39.1 Å². The van der Waals surface area contributed by atoms with Gasteiger partial charge in [-0.15, -0.1) is 0 Å². The monoisotopic (exact) mass is 437 g/mol. The van der Waals surface area contributed by atoms with Crippen LogP contribution in [0.3, 0.4) is 0 Å². The largest absolute Gasteiger partial charge is 0.352 e. The third-order valence-electron chi connectivity index (χ3n) is 4.43. The van der Waals surface area contributed by atoms with Gasteiger partial charge in [-0.3, -0.25) is 9.59 Å². The van der Waals surface area contributed by atoms with E-state index >= 15 is 0 Å². The number of anilines is 1. The molecule has 0 fully saturated rings. The summed E-state index contributed by atoms with van der Waals surface area (Å²) in [5.41, 5.74) is 0.781. The fourth-order valence-corrected chi connectivity index (χ4v) is 3.51. The molecule has 156 valence electrons. The Morgan fingerprint density at radius 3 is 2.48 bits per heavy atom. The van der Waals surface area contributed by atoms with E-state index in [2.05, 4.69) is 10.6 Å². The van der Waals surface area contributed by atoms with E-state index in [0.29, 0.717) is 17.1 Å². The molecule has 0 aromatic heterocycles. The molecule has 0 spiro atoms. The highest BCUT2D eigenvalue weighted by atomic mass is 35.5. The Morgan fingerprint density at radius 1 is 1.17 bits per heavy atom. The molecule has 9 heteroatoms. The number of nitrogens with one attached hydrogen (secondary N) is 2. The topological polar surface area (TPSA) is 118 Å². The Hall–Kier alpha value is -2.42. The summed E-state index contributed by atoms with van der Waals surface area (Å²) in [5, 5.41) is 11.0. The maximum atomic E-state index is 12.4.